The average molecular weight is 212 g/mol. The lowest BCUT2D eigenvalue weighted by Crippen LogP contribution is -2.50. The molecule has 0 aromatic heterocycles. The number of rotatable bonds is 3. The van der Waals surface area contributed by atoms with Crippen molar-refractivity contribution in [1.29, 1.82) is 0 Å². The van der Waals surface area contributed by atoms with Crippen LogP contribution in [0.1, 0.15) is 47.5 Å². The van der Waals surface area contributed by atoms with Crippen LogP contribution >= 0.6 is 0 Å². The van der Waals surface area contributed by atoms with Crippen molar-refractivity contribution >= 4 is 0 Å². The molecule has 1 aliphatic heterocycles. The Labute approximate surface area is 95.6 Å². The van der Waals surface area contributed by atoms with E-state index in [1.54, 1.807) is 0 Å². The Morgan fingerprint density at radius 3 is 1.87 bits per heavy atom. The van der Waals surface area contributed by atoms with Gasteiger partial charge in [0.15, 0.2) is 0 Å². The highest BCUT2D eigenvalue weighted by atomic mass is 15.2. The van der Waals surface area contributed by atoms with E-state index < -0.39 is 0 Å². The molecule has 0 aliphatic carbocycles. The van der Waals surface area contributed by atoms with Gasteiger partial charge >= 0.3 is 0 Å². The fourth-order valence-corrected chi connectivity index (χ4v) is 2.64. The number of piperidine rings is 1. The average Bonchev–Trinajstić information content (AvgIpc) is 2.19. The maximum Gasteiger partial charge on any atom is 0.0125 e. The van der Waals surface area contributed by atoms with Gasteiger partial charge in [-0.05, 0) is 46.7 Å². The van der Waals surface area contributed by atoms with Gasteiger partial charge in [-0.2, -0.15) is 0 Å². The summed E-state index contributed by atoms with van der Waals surface area (Å²) >= 11 is 0. The van der Waals surface area contributed by atoms with Gasteiger partial charge in [-0.1, -0.05) is 13.8 Å². The zero-order valence-electron chi connectivity index (χ0n) is 11.2. The minimum Gasteiger partial charge on any atom is -0.301 e. The lowest BCUT2D eigenvalue weighted by Gasteiger charge is -2.43. The Balaban J connectivity index is 2.42. The molecule has 2 nitrogen and oxygen atoms in total. The summed E-state index contributed by atoms with van der Waals surface area (Å²) in [7, 11) is 0. The van der Waals surface area contributed by atoms with Gasteiger partial charge in [0.25, 0.3) is 0 Å². The van der Waals surface area contributed by atoms with Crippen LogP contribution in [0.25, 0.3) is 0 Å². The fourth-order valence-electron chi connectivity index (χ4n) is 2.64. The lowest BCUT2D eigenvalue weighted by molar-refractivity contribution is 0.0602. The molecule has 1 fully saturated rings. The Hall–Kier alpha value is -0.0800. The zero-order valence-corrected chi connectivity index (χ0v) is 11.2. The van der Waals surface area contributed by atoms with Gasteiger partial charge in [-0.15, -0.1) is 0 Å². The second kappa shape index (κ2) is 5.31. The summed E-state index contributed by atoms with van der Waals surface area (Å²) < 4.78 is 0. The third-order valence-corrected chi connectivity index (χ3v) is 3.74. The SMILES string of the molecule is CCN(CC)C1CCN(C(C)(C)C)CC1. The Morgan fingerprint density at radius 1 is 1.07 bits per heavy atom. The highest BCUT2D eigenvalue weighted by Gasteiger charge is 2.28. The second-order valence-corrected chi connectivity index (χ2v) is 5.61. The molecule has 0 radical (unpaired) electrons. The molecule has 0 amide bonds. The quantitative estimate of drug-likeness (QED) is 0.709. The van der Waals surface area contributed by atoms with Crippen LogP contribution in [0, 0.1) is 0 Å². The first kappa shape index (κ1) is 13.0. The van der Waals surface area contributed by atoms with Gasteiger partial charge in [0.1, 0.15) is 0 Å². The Bertz CT molecular complexity index is 171. The first-order chi connectivity index (χ1) is 6.99. The van der Waals surface area contributed by atoms with Crippen LogP contribution in [-0.2, 0) is 0 Å². The molecule has 15 heavy (non-hydrogen) atoms. The summed E-state index contributed by atoms with van der Waals surface area (Å²) in [6.07, 6.45) is 2.69. The lowest BCUT2D eigenvalue weighted by atomic mass is 9.97. The molecule has 0 aromatic rings. The summed E-state index contributed by atoms with van der Waals surface area (Å²) in [5, 5.41) is 0. The van der Waals surface area contributed by atoms with Crippen LogP contribution in [0.4, 0.5) is 0 Å². The van der Waals surface area contributed by atoms with Crippen molar-refractivity contribution in [1.82, 2.24) is 9.80 Å². The highest BCUT2D eigenvalue weighted by molar-refractivity contribution is 4.85. The Kier molecular flexibility index (Phi) is 4.60. The summed E-state index contributed by atoms with van der Waals surface area (Å²) in [5.74, 6) is 0. The molecule has 1 aliphatic rings. The maximum absolute atomic E-state index is 2.62. The van der Waals surface area contributed by atoms with Crippen LogP contribution in [0.2, 0.25) is 0 Å². The third kappa shape index (κ3) is 3.46. The van der Waals surface area contributed by atoms with Crippen LogP contribution in [0.5, 0.6) is 0 Å². The van der Waals surface area contributed by atoms with Crippen molar-refractivity contribution in [2.75, 3.05) is 26.2 Å². The summed E-state index contributed by atoms with van der Waals surface area (Å²) in [4.78, 5) is 5.23. The van der Waals surface area contributed by atoms with E-state index >= 15 is 0 Å². The third-order valence-electron chi connectivity index (χ3n) is 3.74. The molecule has 90 valence electrons. The number of hydrogen-bond donors (Lipinski definition) is 0. The molecule has 2 heteroatoms. The van der Waals surface area contributed by atoms with Crippen molar-refractivity contribution in [3.05, 3.63) is 0 Å². The standard InChI is InChI=1S/C13H28N2/c1-6-14(7-2)12-8-10-15(11-9-12)13(3,4)5/h12H,6-11H2,1-5H3. The van der Waals surface area contributed by atoms with E-state index in [4.69, 9.17) is 0 Å². The largest absolute Gasteiger partial charge is 0.301 e. The van der Waals surface area contributed by atoms with Gasteiger partial charge in [-0.25, -0.2) is 0 Å². The van der Waals surface area contributed by atoms with Crippen LogP contribution in [-0.4, -0.2) is 47.6 Å². The number of nitrogens with zero attached hydrogens (tertiary/aromatic N) is 2. The van der Waals surface area contributed by atoms with E-state index in [9.17, 15) is 0 Å². The molecule has 0 aromatic carbocycles. The van der Waals surface area contributed by atoms with E-state index in [0.717, 1.165) is 6.04 Å². The maximum atomic E-state index is 2.62. The Morgan fingerprint density at radius 2 is 1.53 bits per heavy atom. The van der Waals surface area contributed by atoms with Crippen molar-refractivity contribution in [3.63, 3.8) is 0 Å². The number of likely N-dealkylation sites (tertiary alicyclic amines) is 1. The predicted molar refractivity (Wildman–Crippen MR) is 67.3 cm³/mol. The molecule has 0 saturated carbocycles. The molecule has 0 unspecified atom stereocenters. The van der Waals surface area contributed by atoms with Crippen molar-refractivity contribution in [3.8, 4) is 0 Å². The predicted octanol–water partition coefficient (Wildman–Crippen LogP) is 2.59. The van der Waals surface area contributed by atoms with E-state index in [-0.39, 0.29) is 0 Å². The minimum absolute atomic E-state index is 0.355. The minimum atomic E-state index is 0.355. The summed E-state index contributed by atoms with van der Waals surface area (Å²) in [5.41, 5.74) is 0.355. The second-order valence-electron chi connectivity index (χ2n) is 5.61. The molecular weight excluding hydrogens is 184 g/mol. The van der Waals surface area contributed by atoms with E-state index in [0.29, 0.717) is 5.54 Å². The smallest absolute Gasteiger partial charge is 0.0125 e. The molecular formula is C13H28N2. The molecule has 1 heterocycles. The first-order valence-electron chi connectivity index (χ1n) is 6.48. The fraction of sp³-hybridized carbons (Fsp3) is 1.00. The van der Waals surface area contributed by atoms with Crippen molar-refractivity contribution < 1.29 is 0 Å². The molecule has 0 N–H and O–H groups in total. The molecule has 0 bridgehead atoms. The van der Waals surface area contributed by atoms with E-state index in [1.807, 2.05) is 0 Å². The molecule has 0 atom stereocenters. The van der Waals surface area contributed by atoms with E-state index in [1.165, 1.54) is 39.0 Å². The van der Waals surface area contributed by atoms with Crippen LogP contribution in [0.15, 0.2) is 0 Å². The summed E-state index contributed by atoms with van der Waals surface area (Å²) in [6.45, 7) is 16.5. The highest BCUT2D eigenvalue weighted by Crippen LogP contribution is 2.22. The van der Waals surface area contributed by atoms with Gasteiger partial charge in [0.05, 0.1) is 0 Å². The monoisotopic (exact) mass is 212 g/mol. The van der Waals surface area contributed by atoms with Crippen molar-refractivity contribution in [2.24, 2.45) is 0 Å². The molecule has 0 spiro atoms. The van der Waals surface area contributed by atoms with Crippen LogP contribution < -0.4 is 0 Å². The van der Waals surface area contributed by atoms with Gasteiger partial charge in [0, 0.05) is 24.7 Å². The van der Waals surface area contributed by atoms with Crippen LogP contribution in [0.3, 0.4) is 0 Å². The molecule has 1 saturated heterocycles. The van der Waals surface area contributed by atoms with Gasteiger partial charge in [-0.3, -0.25) is 4.90 Å². The first-order valence-corrected chi connectivity index (χ1v) is 6.48. The number of hydrogen-bond acceptors (Lipinski definition) is 2. The summed E-state index contributed by atoms with van der Waals surface area (Å²) in [6, 6.07) is 0.832. The normalized spacial score (nSPS) is 21.2. The van der Waals surface area contributed by atoms with Gasteiger partial charge in [0.2, 0.25) is 0 Å². The van der Waals surface area contributed by atoms with E-state index in [2.05, 4.69) is 44.4 Å². The van der Waals surface area contributed by atoms with Gasteiger partial charge < -0.3 is 4.90 Å². The topological polar surface area (TPSA) is 6.48 Å². The molecule has 1 rings (SSSR count). The van der Waals surface area contributed by atoms with Crippen molar-refractivity contribution in [2.45, 2.75) is 59.0 Å². The zero-order chi connectivity index (χ0) is 11.5.